The van der Waals surface area contributed by atoms with Crippen LogP contribution in [0.4, 0.5) is 4.79 Å². The molecule has 0 saturated carbocycles. The maximum absolute atomic E-state index is 11.4. The molecule has 128 valence electrons. The van der Waals surface area contributed by atoms with E-state index in [2.05, 4.69) is 36.4 Å². The van der Waals surface area contributed by atoms with Crippen LogP contribution in [-0.2, 0) is 4.79 Å². The summed E-state index contributed by atoms with van der Waals surface area (Å²) in [7, 11) is 0. The van der Waals surface area contributed by atoms with E-state index >= 15 is 0 Å². The molecule has 3 amide bonds. The third-order valence-electron chi connectivity index (χ3n) is 3.36. The number of imide groups is 1. The molecular formula is C14H28IN5O2. The molecule has 1 aliphatic heterocycles. The third-order valence-corrected chi connectivity index (χ3v) is 3.36. The van der Waals surface area contributed by atoms with Crippen molar-refractivity contribution >= 4 is 41.9 Å². The largest absolute Gasteiger partial charge is 0.370 e. The second-order valence-electron chi connectivity index (χ2n) is 5.84. The topological polar surface area (TPSA) is 99.8 Å². The van der Waals surface area contributed by atoms with Crippen LogP contribution in [0, 0.1) is 5.92 Å². The Morgan fingerprint density at radius 3 is 2.59 bits per heavy atom. The lowest BCUT2D eigenvalue weighted by Crippen LogP contribution is -2.39. The average molecular weight is 425 g/mol. The first-order valence-corrected chi connectivity index (χ1v) is 7.54. The minimum absolute atomic E-state index is 0. The number of hydrogen-bond acceptors (Lipinski definition) is 3. The van der Waals surface area contributed by atoms with Crippen LogP contribution in [0.25, 0.3) is 0 Å². The average Bonchev–Trinajstić information content (AvgIpc) is 2.69. The van der Waals surface area contributed by atoms with Gasteiger partial charge >= 0.3 is 6.03 Å². The van der Waals surface area contributed by atoms with Gasteiger partial charge in [-0.15, -0.1) is 24.0 Å². The molecule has 1 saturated heterocycles. The number of guanidine groups is 1. The molecule has 1 rings (SSSR count). The van der Waals surface area contributed by atoms with Crippen molar-refractivity contribution in [2.24, 2.45) is 16.6 Å². The molecule has 0 aromatic rings. The number of carbonyl (C=O) groups excluding carboxylic acids is 2. The van der Waals surface area contributed by atoms with E-state index in [0.717, 1.165) is 17.7 Å². The Hall–Kier alpha value is -1.06. The van der Waals surface area contributed by atoms with Crippen LogP contribution >= 0.6 is 24.0 Å². The predicted molar refractivity (Wildman–Crippen MR) is 98.3 cm³/mol. The van der Waals surface area contributed by atoms with E-state index in [0.29, 0.717) is 18.4 Å². The SMILES string of the molecule is CC(C)CCCC(C)NC(N)=NCCN1C(=O)CNC1=O.I. The monoisotopic (exact) mass is 425 g/mol. The van der Waals surface area contributed by atoms with Crippen molar-refractivity contribution in [3.05, 3.63) is 0 Å². The van der Waals surface area contributed by atoms with Crippen molar-refractivity contribution in [2.75, 3.05) is 19.6 Å². The van der Waals surface area contributed by atoms with Crippen molar-refractivity contribution in [3.8, 4) is 0 Å². The molecular weight excluding hydrogens is 397 g/mol. The van der Waals surface area contributed by atoms with Crippen LogP contribution in [-0.4, -0.2) is 48.5 Å². The van der Waals surface area contributed by atoms with E-state index in [1.165, 1.54) is 6.42 Å². The summed E-state index contributed by atoms with van der Waals surface area (Å²) in [6.45, 7) is 7.14. The lowest BCUT2D eigenvalue weighted by Gasteiger charge is -2.15. The summed E-state index contributed by atoms with van der Waals surface area (Å²) in [4.78, 5) is 28.0. The fourth-order valence-electron chi connectivity index (χ4n) is 2.15. The van der Waals surface area contributed by atoms with E-state index in [9.17, 15) is 9.59 Å². The summed E-state index contributed by atoms with van der Waals surface area (Å²) in [5.74, 6) is 0.857. The zero-order chi connectivity index (χ0) is 15.8. The number of halogens is 1. The van der Waals surface area contributed by atoms with Gasteiger partial charge in [-0.1, -0.05) is 26.7 Å². The third kappa shape index (κ3) is 7.81. The fraction of sp³-hybridized carbons (Fsp3) is 0.786. The molecule has 1 fully saturated rings. The van der Waals surface area contributed by atoms with Gasteiger partial charge in [-0.05, 0) is 19.3 Å². The number of nitrogens with zero attached hydrogens (tertiary/aromatic N) is 2. The Labute approximate surface area is 149 Å². The Bertz CT molecular complexity index is 385. The van der Waals surface area contributed by atoms with Gasteiger partial charge in [-0.2, -0.15) is 0 Å². The molecule has 1 unspecified atom stereocenters. The molecule has 7 nitrogen and oxygen atoms in total. The van der Waals surface area contributed by atoms with E-state index in [1.807, 2.05) is 0 Å². The molecule has 0 aliphatic carbocycles. The maximum atomic E-state index is 11.4. The van der Waals surface area contributed by atoms with E-state index in [4.69, 9.17) is 5.73 Å². The lowest BCUT2D eigenvalue weighted by atomic mass is 10.0. The number of amides is 3. The standard InChI is InChI=1S/C14H27N5O2.HI/c1-10(2)5-4-6-11(3)18-13(15)16-7-8-19-12(20)9-17-14(19)21;/h10-11H,4-9H2,1-3H3,(H,17,21)(H3,15,16,18);1H. The number of nitrogens with one attached hydrogen (secondary N) is 2. The van der Waals surface area contributed by atoms with Crippen molar-refractivity contribution in [3.63, 3.8) is 0 Å². The number of carbonyl (C=O) groups is 2. The van der Waals surface area contributed by atoms with Crippen molar-refractivity contribution in [1.82, 2.24) is 15.5 Å². The Morgan fingerprint density at radius 2 is 2.05 bits per heavy atom. The zero-order valence-corrected chi connectivity index (χ0v) is 15.9. The summed E-state index contributed by atoms with van der Waals surface area (Å²) in [5.41, 5.74) is 5.80. The van der Waals surface area contributed by atoms with Gasteiger partial charge in [0.25, 0.3) is 0 Å². The second-order valence-corrected chi connectivity index (χ2v) is 5.84. The first-order valence-electron chi connectivity index (χ1n) is 7.54. The summed E-state index contributed by atoms with van der Waals surface area (Å²) in [6, 6.07) is -0.0898. The molecule has 0 bridgehead atoms. The maximum Gasteiger partial charge on any atom is 0.324 e. The number of rotatable bonds is 8. The zero-order valence-electron chi connectivity index (χ0n) is 13.6. The lowest BCUT2D eigenvalue weighted by molar-refractivity contribution is -0.124. The predicted octanol–water partition coefficient (Wildman–Crippen LogP) is 1.28. The van der Waals surface area contributed by atoms with Crippen LogP contribution in [0.15, 0.2) is 4.99 Å². The van der Waals surface area contributed by atoms with Crippen LogP contribution in [0.5, 0.6) is 0 Å². The molecule has 0 aromatic carbocycles. The smallest absolute Gasteiger partial charge is 0.324 e. The highest BCUT2D eigenvalue weighted by molar-refractivity contribution is 14.0. The summed E-state index contributed by atoms with van der Waals surface area (Å²) in [5, 5.41) is 5.59. The van der Waals surface area contributed by atoms with Gasteiger partial charge in [0, 0.05) is 6.04 Å². The van der Waals surface area contributed by atoms with Crippen molar-refractivity contribution < 1.29 is 9.59 Å². The quantitative estimate of drug-likeness (QED) is 0.236. The normalized spacial score (nSPS) is 16.5. The minimum atomic E-state index is -0.358. The number of aliphatic imine (C=N–C) groups is 1. The number of urea groups is 1. The summed E-state index contributed by atoms with van der Waals surface area (Å²) in [6.07, 6.45) is 3.40. The van der Waals surface area contributed by atoms with Gasteiger partial charge in [0.2, 0.25) is 5.91 Å². The van der Waals surface area contributed by atoms with Crippen molar-refractivity contribution in [2.45, 2.75) is 46.1 Å². The molecule has 8 heteroatoms. The van der Waals surface area contributed by atoms with Gasteiger partial charge in [0.1, 0.15) is 0 Å². The first kappa shape index (κ1) is 20.9. The Morgan fingerprint density at radius 1 is 1.36 bits per heavy atom. The number of nitrogens with two attached hydrogens (primary N) is 1. The van der Waals surface area contributed by atoms with Crippen LogP contribution < -0.4 is 16.4 Å². The van der Waals surface area contributed by atoms with Crippen LogP contribution in [0.2, 0.25) is 0 Å². The highest BCUT2D eigenvalue weighted by atomic mass is 127. The highest BCUT2D eigenvalue weighted by Gasteiger charge is 2.27. The van der Waals surface area contributed by atoms with Gasteiger partial charge in [-0.25, -0.2) is 4.79 Å². The first-order chi connectivity index (χ1) is 9.90. The Kier molecular flexibility index (Phi) is 10.1. The molecule has 0 aromatic heterocycles. The molecule has 4 N–H and O–H groups in total. The molecule has 1 atom stereocenters. The summed E-state index contributed by atoms with van der Waals surface area (Å²) < 4.78 is 0. The van der Waals surface area contributed by atoms with E-state index < -0.39 is 0 Å². The number of hydrogen-bond donors (Lipinski definition) is 3. The minimum Gasteiger partial charge on any atom is -0.370 e. The fourth-order valence-corrected chi connectivity index (χ4v) is 2.15. The van der Waals surface area contributed by atoms with Gasteiger partial charge in [-0.3, -0.25) is 14.7 Å². The second kappa shape index (κ2) is 10.6. The van der Waals surface area contributed by atoms with Gasteiger partial charge in [0.05, 0.1) is 19.6 Å². The van der Waals surface area contributed by atoms with Gasteiger partial charge < -0.3 is 16.4 Å². The molecule has 0 radical (unpaired) electrons. The summed E-state index contributed by atoms with van der Waals surface area (Å²) >= 11 is 0. The van der Waals surface area contributed by atoms with Crippen molar-refractivity contribution in [1.29, 1.82) is 0 Å². The van der Waals surface area contributed by atoms with Gasteiger partial charge in [0.15, 0.2) is 5.96 Å². The molecule has 0 spiro atoms. The molecule has 22 heavy (non-hydrogen) atoms. The molecule has 1 heterocycles. The highest BCUT2D eigenvalue weighted by Crippen LogP contribution is 2.08. The van der Waals surface area contributed by atoms with Crippen LogP contribution in [0.1, 0.15) is 40.0 Å². The molecule has 1 aliphatic rings. The van der Waals surface area contributed by atoms with Crippen LogP contribution in [0.3, 0.4) is 0 Å². The van der Waals surface area contributed by atoms with E-state index in [1.54, 1.807) is 0 Å². The Balaban J connectivity index is 0.00000441. The van der Waals surface area contributed by atoms with E-state index in [-0.39, 0.29) is 55.0 Å².